The summed E-state index contributed by atoms with van der Waals surface area (Å²) >= 11 is 2.32. The van der Waals surface area contributed by atoms with Gasteiger partial charge in [-0.15, -0.1) is 0 Å². The lowest BCUT2D eigenvalue weighted by Crippen LogP contribution is -2.27. The fraction of sp³-hybridized carbons (Fsp3) is 0.571. The molecule has 2 nitrogen and oxygen atoms in total. The molecule has 3 N–H and O–H groups in total. The smallest absolute Gasteiger partial charge is 0.0460 e. The molecular formula is C14H23IN2. The number of hydrazine groups is 1. The van der Waals surface area contributed by atoms with Crippen molar-refractivity contribution in [2.45, 2.75) is 51.5 Å². The molecule has 17 heavy (non-hydrogen) atoms. The van der Waals surface area contributed by atoms with Crippen LogP contribution in [0, 0.1) is 3.57 Å². The normalized spacial score (nSPS) is 12.6. The van der Waals surface area contributed by atoms with E-state index in [1.54, 1.807) is 0 Å². The van der Waals surface area contributed by atoms with Crippen molar-refractivity contribution < 1.29 is 0 Å². The van der Waals surface area contributed by atoms with Crippen molar-refractivity contribution in [3.63, 3.8) is 0 Å². The number of hydrogen-bond acceptors (Lipinski definition) is 2. The zero-order valence-electron chi connectivity index (χ0n) is 10.6. The Labute approximate surface area is 118 Å². The molecule has 0 aromatic heterocycles. The summed E-state index contributed by atoms with van der Waals surface area (Å²) in [4.78, 5) is 0. The topological polar surface area (TPSA) is 38.0 Å². The summed E-state index contributed by atoms with van der Waals surface area (Å²) < 4.78 is 1.27. The molecule has 1 unspecified atom stereocenters. The largest absolute Gasteiger partial charge is 0.271 e. The van der Waals surface area contributed by atoms with Gasteiger partial charge in [0, 0.05) is 9.61 Å². The molecule has 0 saturated carbocycles. The van der Waals surface area contributed by atoms with Crippen molar-refractivity contribution in [3.8, 4) is 0 Å². The molecule has 1 aromatic carbocycles. The van der Waals surface area contributed by atoms with Gasteiger partial charge in [-0.1, -0.05) is 51.2 Å². The first-order valence-corrected chi connectivity index (χ1v) is 7.57. The van der Waals surface area contributed by atoms with E-state index in [4.69, 9.17) is 5.84 Å². The lowest BCUT2D eigenvalue weighted by Gasteiger charge is -2.16. The standard InChI is InChI=1S/C14H23IN2/c1-2-3-4-5-6-7-14(17-16)12-8-10-13(15)11-9-12/h8-11,14,17H,2-7,16H2,1H3. The molecule has 3 heteroatoms. The van der Waals surface area contributed by atoms with Gasteiger partial charge in [0.05, 0.1) is 0 Å². The van der Waals surface area contributed by atoms with E-state index in [0.717, 1.165) is 6.42 Å². The van der Waals surface area contributed by atoms with E-state index in [0.29, 0.717) is 6.04 Å². The second-order valence-electron chi connectivity index (χ2n) is 4.47. The highest BCUT2D eigenvalue weighted by atomic mass is 127. The Hall–Kier alpha value is -0.130. The molecule has 0 saturated heterocycles. The Kier molecular flexibility index (Phi) is 7.81. The van der Waals surface area contributed by atoms with Gasteiger partial charge in [-0.2, -0.15) is 0 Å². The summed E-state index contributed by atoms with van der Waals surface area (Å²) in [5, 5.41) is 0. The molecule has 0 heterocycles. The van der Waals surface area contributed by atoms with Crippen LogP contribution in [-0.2, 0) is 0 Å². The Balaban J connectivity index is 2.35. The highest BCUT2D eigenvalue weighted by Gasteiger charge is 2.08. The number of benzene rings is 1. The fourth-order valence-corrected chi connectivity index (χ4v) is 2.35. The molecule has 0 amide bonds. The Bertz CT molecular complexity index is 298. The minimum atomic E-state index is 0.300. The van der Waals surface area contributed by atoms with Crippen LogP contribution in [0.15, 0.2) is 24.3 Å². The van der Waals surface area contributed by atoms with Gasteiger partial charge in [0.1, 0.15) is 0 Å². The number of rotatable bonds is 8. The van der Waals surface area contributed by atoms with Gasteiger partial charge in [-0.05, 0) is 46.7 Å². The highest BCUT2D eigenvalue weighted by molar-refractivity contribution is 14.1. The van der Waals surface area contributed by atoms with Gasteiger partial charge in [-0.25, -0.2) is 0 Å². The number of unbranched alkanes of at least 4 members (excludes halogenated alkanes) is 4. The van der Waals surface area contributed by atoms with Crippen LogP contribution < -0.4 is 11.3 Å². The molecule has 0 spiro atoms. The van der Waals surface area contributed by atoms with E-state index in [2.05, 4.69) is 59.2 Å². The predicted octanol–water partition coefficient (Wildman–Crippen LogP) is 4.16. The number of hydrogen-bond donors (Lipinski definition) is 2. The number of nitrogens with one attached hydrogen (secondary N) is 1. The third kappa shape index (κ3) is 5.84. The second-order valence-corrected chi connectivity index (χ2v) is 5.72. The van der Waals surface area contributed by atoms with Crippen LogP contribution in [0.4, 0.5) is 0 Å². The van der Waals surface area contributed by atoms with Crippen LogP contribution >= 0.6 is 22.6 Å². The summed E-state index contributed by atoms with van der Waals surface area (Å²) in [6, 6.07) is 8.90. The summed E-state index contributed by atoms with van der Waals surface area (Å²) in [5.41, 5.74) is 4.22. The average Bonchev–Trinajstić information content (AvgIpc) is 2.35. The van der Waals surface area contributed by atoms with Crippen molar-refractivity contribution in [2.24, 2.45) is 5.84 Å². The van der Waals surface area contributed by atoms with Crippen molar-refractivity contribution in [1.82, 2.24) is 5.43 Å². The third-order valence-electron chi connectivity index (χ3n) is 3.07. The van der Waals surface area contributed by atoms with E-state index in [1.807, 2.05) is 0 Å². The van der Waals surface area contributed by atoms with Crippen LogP contribution in [0.2, 0.25) is 0 Å². The average molecular weight is 346 g/mol. The van der Waals surface area contributed by atoms with Crippen LogP contribution in [0.5, 0.6) is 0 Å². The van der Waals surface area contributed by atoms with E-state index in [-0.39, 0.29) is 0 Å². The minimum absolute atomic E-state index is 0.300. The molecule has 0 aliphatic heterocycles. The molecule has 1 atom stereocenters. The molecule has 0 aliphatic rings. The first-order chi connectivity index (χ1) is 8.27. The van der Waals surface area contributed by atoms with Gasteiger partial charge in [0.25, 0.3) is 0 Å². The summed E-state index contributed by atoms with van der Waals surface area (Å²) in [6.07, 6.45) is 7.69. The molecule has 0 radical (unpaired) electrons. The Morgan fingerprint density at radius 3 is 2.35 bits per heavy atom. The number of nitrogens with two attached hydrogens (primary N) is 1. The van der Waals surface area contributed by atoms with E-state index >= 15 is 0 Å². The zero-order valence-corrected chi connectivity index (χ0v) is 12.7. The Morgan fingerprint density at radius 2 is 1.76 bits per heavy atom. The van der Waals surface area contributed by atoms with Gasteiger partial charge >= 0.3 is 0 Å². The highest BCUT2D eigenvalue weighted by Crippen LogP contribution is 2.20. The van der Waals surface area contributed by atoms with E-state index < -0.39 is 0 Å². The minimum Gasteiger partial charge on any atom is -0.271 e. The van der Waals surface area contributed by atoms with Crippen LogP contribution in [-0.4, -0.2) is 0 Å². The van der Waals surface area contributed by atoms with E-state index in [1.165, 1.54) is 41.2 Å². The third-order valence-corrected chi connectivity index (χ3v) is 3.79. The molecule has 0 aliphatic carbocycles. The molecule has 1 aromatic rings. The molecule has 1 rings (SSSR count). The van der Waals surface area contributed by atoms with Crippen LogP contribution in [0.3, 0.4) is 0 Å². The second kappa shape index (κ2) is 8.89. The van der Waals surface area contributed by atoms with Crippen molar-refractivity contribution in [3.05, 3.63) is 33.4 Å². The quantitative estimate of drug-likeness (QED) is 0.321. The van der Waals surface area contributed by atoms with Gasteiger partial charge in [0.15, 0.2) is 0 Å². The fourth-order valence-electron chi connectivity index (χ4n) is 1.99. The monoisotopic (exact) mass is 346 g/mol. The maximum absolute atomic E-state index is 5.63. The number of halogens is 1. The molecule has 0 fully saturated rings. The van der Waals surface area contributed by atoms with E-state index in [9.17, 15) is 0 Å². The predicted molar refractivity (Wildman–Crippen MR) is 82.6 cm³/mol. The summed E-state index contributed by atoms with van der Waals surface area (Å²) in [6.45, 7) is 2.25. The van der Waals surface area contributed by atoms with Crippen molar-refractivity contribution in [2.75, 3.05) is 0 Å². The Morgan fingerprint density at radius 1 is 1.12 bits per heavy atom. The van der Waals surface area contributed by atoms with Gasteiger partial charge in [-0.3, -0.25) is 11.3 Å². The van der Waals surface area contributed by atoms with Crippen LogP contribution in [0.25, 0.3) is 0 Å². The lowest BCUT2D eigenvalue weighted by molar-refractivity contribution is 0.479. The molecular weight excluding hydrogens is 323 g/mol. The van der Waals surface area contributed by atoms with Gasteiger partial charge in [0.2, 0.25) is 0 Å². The van der Waals surface area contributed by atoms with Crippen LogP contribution in [0.1, 0.15) is 57.1 Å². The maximum Gasteiger partial charge on any atom is 0.0460 e. The SMILES string of the molecule is CCCCCCCC(NN)c1ccc(I)cc1. The summed E-state index contributed by atoms with van der Waals surface area (Å²) in [5.74, 6) is 5.63. The summed E-state index contributed by atoms with van der Waals surface area (Å²) in [7, 11) is 0. The lowest BCUT2D eigenvalue weighted by atomic mass is 10.0. The molecule has 96 valence electrons. The molecule has 0 bridgehead atoms. The van der Waals surface area contributed by atoms with Crippen molar-refractivity contribution in [1.29, 1.82) is 0 Å². The first kappa shape index (κ1) is 14.9. The van der Waals surface area contributed by atoms with Gasteiger partial charge < -0.3 is 0 Å². The first-order valence-electron chi connectivity index (χ1n) is 6.49. The van der Waals surface area contributed by atoms with Crippen molar-refractivity contribution >= 4 is 22.6 Å². The zero-order chi connectivity index (χ0) is 12.5. The maximum atomic E-state index is 5.63.